The summed E-state index contributed by atoms with van der Waals surface area (Å²) in [4.78, 5) is 21.2. The number of nitro benzene ring substituents is 1. The van der Waals surface area contributed by atoms with Gasteiger partial charge in [0.25, 0.3) is 0 Å². The molecule has 0 radical (unpaired) electrons. The number of rotatable bonds is 9. The van der Waals surface area contributed by atoms with Gasteiger partial charge in [-0.3, -0.25) is 14.9 Å². The predicted molar refractivity (Wildman–Crippen MR) is 78.9 cm³/mol. The molecule has 1 amide bonds. The van der Waals surface area contributed by atoms with Crippen molar-refractivity contribution in [3.05, 3.63) is 33.9 Å². The first kappa shape index (κ1) is 16.9. The normalized spacial score (nSPS) is 10.6. The van der Waals surface area contributed by atoms with Crippen molar-refractivity contribution in [2.45, 2.75) is 26.8 Å². The molecule has 7 heteroatoms. The molecule has 0 saturated carbocycles. The van der Waals surface area contributed by atoms with Gasteiger partial charge in [0.2, 0.25) is 5.91 Å². The number of benzene rings is 1. The lowest BCUT2D eigenvalue weighted by Gasteiger charge is -2.09. The third kappa shape index (κ3) is 6.22. The Kier molecular flexibility index (Phi) is 6.61. The Morgan fingerprint density at radius 1 is 1.48 bits per heavy atom. The molecule has 0 aromatic heterocycles. The maximum atomic E-state index is 11.1. The van der Waals surface area contributed by atoms with Gasteiger partial charge in [0, 0.05) is 12.6 Å². The first-order valence-electron chi connectivity index (χ1n) is 6.79. The highest BCUT2D eigenvalue weighted by Crippen LogP contribution is 2.28. The fourth-order valence-electron chi connectivity index (χ4n) is 1.70. The third-order valence-corrected chi connectivity index (χ3v) is 2.71. The van der Waals surface area contributed by atoms with E-state index in [1.807, 2.05) is 0 Å². The van der Waals surface area contributed by atoms with E-state index in [2.05, 4.69) is 19.2 Å². The van der Waals surface area contributed by atoms with Crippen LogP contribution < -0.4 is 15.8 Å². The van der Waals surface area contributed by atoms with E-state index < -0.39 is 10.8 Å². The Morgan fingerprint density at radius 2 is 2.19 bits per heavy atom. The van der Waals surface area contributed by atoms with Crippen LogP contribution in [0.3, 0.4) is 0 Å². The Balaban J connectivity index is 2.72. The van der Waals surface area contributed by atoms with Gasteiger partial charge >= 0.3 is 5.69 Å². The van der Waals surface area contributed by atoms with Crippen LogP contribution in [0.25, 0.3) is 0 Å². The molecule has 21 heavy (non-hydrogen) atoms. The van der Waals surface area contributed by atoms with Crippen LogP contribution >= 0.6 is 0 Å². The molecule has 0 heterocycles. The summed E-state index contributed by atoms with van der Waals surface area (Å²) in [5, 5.41) is 14.3. The third-order valence-electron chi connectivity index (χ3n) is 2.71. The summed E-state index contributed by atoms with van der Waals surface area (Å²) in [5.41, 5.74) is 5.70. The van der Waals surface area contributed by atoms with Crippen LogP contribution in [0.4, 0.5) is 5.69 Å². The van der Waals surface area contributed by atoms with Gasteiger partial charge in [0.1, 0.15) is 0 Å². The van der Waals surface area contributed by atoms with Crippen molar-refractivity contribution < 1.29 is 14.5 Å². The van der Waals surface area contributed by atoms with E-state index in [1.54, 1.807) is 12.1 Å². The number of ether oxygens (including phenoxy) is 1. The van der Waals surface area contributed by atoms with E-state index in [9.17, 15) is 14.9 Å². The molecule has 7 nitrogen and oxygen atoms in total. The van der Waals surface area contributed by atoms with Crippen molar-refractivity contribution in [3.63, 3.8) is 0 Å². The average molecular weight is 295 g/mol. The Bertz CT molecular complexity index is 503. The molecule has 0 unspecified atom stereocenters. The molecular formula is C14H21N3O4. The van der Waals surface area contributed by atoms with Crippen LogP contribution in [0.15, 0.2) is 18.2 Å². The first-order valence-corrected chi connectivity index (χ1v) is 6.79. The Morgan fingerprint density at radius 3 is 2.76 bits per heavy atom. The second kappa shape index (κ2) is 8.21. The number of nitrogens with zero attached hydrogens (tertiary/aromatic N) is 1. The van der Waals surface area contributed by atoms with E-state index in [0.717, 1.165) is 12.1 Å². The minimum Gasteiger partial charge on any atom is -0.486 e. The fourth-order valence-corrected chi connectivity index (χ4v) is 1.70. The molecule has 1 rings (SSSR count). The largest absolute Gasteiger partial charge is 0.486 e. The topological polar surface area (TPSA) is 107 Å². The second-order valence-electron chi connectivity index (χ2n) is 5.15. The molecule has 0 atom stereocenters. The molecule has 0 fully saturated rings. The molecule has 0 spiro atoms. The molecule has 0 aliphatic carbocycles. The standard InChI is InChI=1S/C14H21N3O4/c1-10(2)8-16-9-11-3-4-13(12(7-11)17(19)20)21-6-5-14(15)18/h3-4,7,10,16H,5-6,8-9H2,1-2H3,(H2,15,18). The van der Waals surface area contributed by atoms with Gasteiger partial charge in [-0.1, -0.05) is 19.9 Å². The second-order valence-corrected chi connectivity index (χ2v) is 5.15. The lowest BCUT2D eigenvalue weighted by molar-refractivity contribution is -0.385. The van der Waals surface area contributed by atoms with E-state index >= 15 is 0 Å². The molecule has 3 N–H and O–H groups in total. The van der Waals surface area contributed by atoms with Crippen molar-refractivity contribution in [2.24, 2.45) is 11.7 Å². The van der Waals surface area contributed by atoms with Crippen molar-refractivity contribution >= 4 is 11.6 Å². The molecule has 0 aliphatic heterocycles. The lowest BCUT2D eigenvalue weighted by atomic mass is 10.1. The molecule has 0 saturated heterocycles. The highest BCUT2D eigenvalue weighted by molar-refractivity contribution is 5.73. The van der Waals surface area contributed by atoms with Gasteiger partial charge in [0.05, 0.1) is 18.0 Å². The Labute approximate surface area is 123 Å². The number of amides is 1. The van der Waals surface area contributed by atoms with Crippen molar-refractivity contribution in [3.8, 4) is 5.75 Å². The lowest BCUT2D eigenvalue weighted by Crippen LogP contribution is -2.19. The number of carbonyl (C=O) groups is 1. The average Bonchev–Trinajstić information content (AvgIpc) is 2.39. The van der Waals surface area contributed by atoms with Crippen LogP contribution in [-0.2, 0) is 11.3 Å². The molecule has 116 valence electrons. The number of nitro groups is 1. The zero-order chi connectivity index (χ0) is 15.8. The number of nitrogens with two attached hydrogens (primary N) is 1. The Hall–Kier alpha value is -2.15. The molecule has 0 bridgehead atoms. The van der Waals surface area contributed by atoms with Gasteiger partial charge < -0.3 is 15.8 Å². The van der Waals surface area contributed by atoms with Crippen LogP contribution in [0, 0.1) is 16.0 Å². The molecular weight excluding hydrogens is 274 g/mol. The quantitative estimate of drug-likeness (QED) is 0.531. The van der Waals surface area contributed by atoms with E-state index in [4.69, 9.17) is 10.5 Å². The minimum absolute atomic E-state index is 0.0227. The van der Waals surface area contributed by atoms with Crippen LogP contribution in [0.5, 0.6) is 5.75 Å². The number of primary amides is 1. The van der Waals surface area contributed by atoms with Crippen LogP contribution in [-0.4, -0.2) is 24.0 Å². The van der Waals surface area contributed by atoms with Crippen molar-refractivity contribution in [2.75, 3.05) is 13.2 Å². The van der Waals surface area contributed by atoms with Crippen molar-refractivity contribution in [1.82, 2.24) is 5.32 Å². The summed E-state index contributed by atoms with van der Waals surface area (Å²) in [6, 6.07) is 4.79. The van der Waals surface area contributed by atoms with Gasteiger partial charge in [-0.15, -0.1) is 0 Å². The maximum Gasteiger partial charge on any atom is 0.311 e. The van der Waals surface area contributed by atoms with Crippen LogP contribution in [0.2, 0.25) is 0 Å². The summed E-state index contributed by atoms with van der Waals surface area (Å²) >= 11 is 0. The minimum atomic E-state index is -0.507. The zero-order valence-corrected chi connectivity index (χ0v) is 12.3. The fraction of sp³-hybridized carbons (Fsp3) is 0.500. The van der Waals surface area contributed by atoms with E-state index in [1.165, 1.54) is 6.07 Å². The van der Waals surface area contributed by atoms with Crippen molar-refractivity contribution in [1.29, 1.82) is 0 Å². The molecule has 1 aromatic carbocycles. The van der Waals surface area contributed by atoms with E-state index in [-0.39, 0.29) is 24.5 Å². The highest BCUT2D eigenvalue weighted by atomic mass is 16.6. The molecule has 0 aliphatic rings. The summed E-state index contributed by atoms with van der Waals surface area (Å²) in [6.07, 6.45) is 0.0227. The number of nitrogens with one attached hydrogen (secondary N) is 1. The molecule has 1 aromatic rings. The smallest absolute Gasteiger partial charge is 0.311 e. The van der Waals surface area contributed by atoms with Gasteiger partial charge in [0.15, 0.2) is 5.75 Å². The van der Waals surface area contributed by atoms with Crippen LogP contribution in [0.1, 0.15) is 25.8 Å². The predicted octanol–water partition coefficient (Wildman–Crippen LogP) is 1.59. The van der Waals surface area contributed by atoms with Gasteiger partial charge in [-0.05, 0) is 24.1 Å². The number of hydrogen-bond donors (Lipinski definition) is 2. The first-order chi connectivity index (χ1) is 9.90. The highest BCUT2D eigenvalue weighted by Gasteiger charge is 2.16. The number of carbonyl (C=O) groups excluding carboxylic acids is 1. The number of hydrogen-bond acceptors (Lipinski definition) is 5. The summed E-state index contributed by atoms with van der Waals surface area (Å²) < 4.78 is 5.24. The maximum absolute atomic E-state index is 11.1. The SMILES string of the molecule is CC(C)CNCc1ccc(OCCC(N)=O)c([N+](=O)[O-])c1. The van der Waals surface area contributed by atoms with Gasteiger partial charge in [-0.2, -0.15) is 0 Å². The van der Waals surface area contributed by atoms with Gasteiger partial charge in [-0.25, -0.2) is 0 Å². The van der Waals surface area contributed by atoms with E-state index in [0.29, 0.717) is 12.5 Å². The summed E-state index contributed by atoms with van der Waals surface area (Å²) in [5.74, 6) is 0.150. The zero-order valence-electron chi connectivity index (χ0n) is 12.3. The monoisotopic (exact) mass is 295 g/mol. The summed E-state index contributed by atoms with van der Waals surface area (Å²) in [6.45, 7) is 5.60. The summed E-state index contributed by atoms with van der Waals surface area (Å²) in [7, 11) is 0.